The molecule has 0 saturated carbocycles. The number of nitrogens with two attached hydrogens (primary N) is 1. The van der Waals surface area contributed by atoms with Crippen LogP contribution in [-0.2, 0) is 22.8 Å². The van der Waals surface area contributed by atoms with Crippen LogP contribution in [0, 0.1) is 0 Å². The van der Waals surface area contributed by atoms with Gasteiger partial charge in [-0.1, -0.05) is 6.42 Å². The summed E-state index contributed by atoms with van der Waals surface area (Å²) in [6, 6.07) is 0. The number of aliphatic hydroxyl groups is 2. The molecule has 1 amide bonds. The average Bonchev–Trinajstić information content (AvgIpc) is 3.12. The number of nitrogens with zero attached hydrogens (tertiary/aromatic N) is 5. The van der Waals surface area contributed by atoms with E-state index in [-0.39, 0.29) is 12.5 Å². The van der Waals surface area contributed by atoms with E-state index in [9.17, 15) is 15.0 Å². The summed E-state index contributed by atoms with van der Waals surface area (Å²) in [6.45, 7) is 4.09. The number of anilines is 1. The minimum Gasteiger partial charge on any atom is -0.394 e. The molecular weight excluding hydrogens is 378 g/mol. The molecule has 1 aliphatic rings. The Labute approximate surface area is 168 Å². The second-order valence-electron chi connectivity index (χ2n) is 7.11. The van der Waals surface area contributed by atoms with Gasteiger partial charge in [-0.25, -0.2) is 15.0 Å². The fourth-order valence-electron chi connectivity index (χ4n) is 3.39. The largest absolute Gasteiger partial charge is 0.394 e. The molecule has 3 rings (SSSR count). The summed E-state index contributed by atoms with van der Waals surface area (Å²) in [6.07, 6.45) is 2.51. The normalized spacial score (nSPS) is 17.3. The first-order valence-corrected chi connectivity index (χ1v) is 9.91. The lowest BCUT2D eigenvalue weighted by Crippen LogP contribution is -2.45. The molecule has 0 bridgehead atoms. The number of fused-ring (bicyclic) bond motifs is 1. The number of likely N-dealkylation sites (N-methyl/N-ethyl adjacent to an activating group) is 1. The van der Waals surface area contributed by atoms with Gasteiger partial charge >= 0.3 is 0 Å². The molecular formula is C18H29N7O4. The van der Waals surface area contributed by atoms with Gasteiger partial charge in [-0.2, -0.15) is 0 Å². The monoisotopic (exact) mass is 407 g/mol. The number of hydrogen-bond acceptors (Lipinski definition) is 9. The maximum atomic E-state index is 12.1. The quantitative estimate of drug-likeness (QED) is 0.420. The molecule has 29 heavy (non-hydrogen) atoms. The third-order valence-electron chi connectivity index (χ3n) is 4.89. The minimum atomic E-state index is -1.34. The second-order valence-corrected chi connectivity index (χ2v) is 7.11. The molecule has 2 atom stereocenters. The number of piperidine rings is 1. The third-order valence-corrected chi connectivity index (χ3v) is 4.89. The fraction of sp³-hybridized carbons (Fsp3) is 0.667. The lowest BCUT2D eigenvalue weighted by Gasteiger charge is -2.25. The second kappa shape index (κ2) is 9.92. The third kappa shape index (κ3) is 5.18. The Bertz CT molecular complexity index is 822. The van der Waals surface area contributed by atoms with Crippen LogP contribution in [0.3, 0.4) is 0 Å². The maximum absolute atomic E-state index is 12.1. The molecule has 11 heteroatoms. The van der Waals surface area contributed by atoms with Crippen LogP contribution in [0.25, 0.3) is 11.2 Å². The van der Waals surface area contributed by atoms with Gasteiger partial charge in [-0.15, -0.1) is 0 Å². The van der Waals surface area contributed by atoms with Crippen LogP contribution in [0.5, 0.6) is 0 Å². The lowest BCUT2D eigenvalue weighted by atomic mass is 10.1. The van der Waals surface area contributed by atoms with Gasteiger partial charge in [0, 0.05) is 6.54 Å². The van der Waals surface area contributed by atoms with E-state index in [1.807, 2.05) is 0 Å². The molecule has 2 aromatic heterocycles. The molecule has 0 radical (unpaired) electrons. The first-order valence-electron chi connectivity index (χ1n) is 9.91. The highest BCUT2D eigenvalue weighted by atomic mass is 16.5. The Morgan fingerprint density at radius 3 is 2.79 bits per heavy atom. The molecule has 3 heterocycles. The van der Waals surface area contributed by atoms with Gasteiger partial charge in [0.15, 0.2) is 17.6 Å². The van der Waals surface area contributed by atoms with E-state index in [1.54, 1.807) is 11.5 Å². The van der Waals surface area contributed by atoms with Gasteiger partial charge in [-0.05, 0) is 32.9 Å². The average molecular weight is 407 g/mol. The predicted octanol–water partition coefficient (Wildman–Crippen LogP) is -0.774. The Kier molecular flexibility index (Phi) is 7.31. The topological polar surface area (TPSA) is 152 Å². The van der Waals surface area contributed by atoms with Crippen molar-refractivity contribution in [1.29, 1.82) is 0 Å². The van der Waals surface area contributed by atoms with Crippen molar-refractivity contribution >= 4 is 22.9 Å². The number of carbonyl (C=O) groups excluding carboxylic acids is 1. The molecule has 1 fully saturated rings. The number of rotatable bonds is 9. The summed E-state index contributed by atoms with van der Waals surface area (Å²) in [5.74, 6) is 0.393. The van der Waals surface area contributed by atoms with E-state index in [0.29, 0.717) is 30.1 Å². The summed E-state index contributed by atoms with van der Waals surface area (Å²) < 4.78 is 7.18. The number of aromatic nitrogens is 4. The van der Waals surface area contributed by atoms with Gasteiger partial charge < -0.3 is 26.0 Å². The van der Waals surface area contributed by atoms with Crippen molar-refractivity contribution in [3.63, 3.8) is 0 Å². The predicted molar refractivity (Wildman–Crippen MR) is 106 cm³/mol. The first kappa shape index (κ1) is 21.4. The summed E-state index contributed by atoms with van der Waals surface area (Å²) in [5, 5.41) is 21.7. The van der Waals surface area contributed by atoms with Gasteiger partial charge in [0.25, 0.3) is 5.91 Å². The molecule has 11 nitrogen and oxygen atoms in total. The number of likely N-dealkylation sites (tertiary alicyclic amines) is 1. The Morgan fingerprint density at radius 2 is 2.10 bits per heavy atom. The standard InChI is InChI=1S/C18H29N7O4/c1-2-20-18(28)15(12(27)9-26)29-11-25-10-21-14-16(19)22-13(23-17(14)25)8-24-6-4-3-5-7-24/h10,12,15,26-27H,2-9,11H2,1H3,(H,20,28)(H2,19,22,23)/t12?,15-/m0/s1. The summed E-state index contributed by atoms with van der Waals surface area (Å²) in [7, 11) is 0. The van der Waals surface area contributed by atoms with Crippen LogP contribution in [0.15, 0.2) is 6.33 Å². The molecule has 2 aromatic rings. The van der Waals surface area contributed by atoms with Gasteiger partial charge in [0.05, 0.1) is 19.5 Å². The van der Waals surface area contributed by atoms with Crippen LogP contribution in [0.2, 0.25) is 0 Å². The minimum absolute atomic E-state index is 0.0883. The summed E-state index contributed by atoms with van der Waals surface area (Å²) >= 11 is 0. The van der Waals surface area contributed by atoms with Crippen molar-refractivity contribution in [2.24, 2.45) is 0 Å². The van der Waals surface area contributed by atoms with E-state index < -0.39 is 24.7 Å². The highest BCUT2D eigenvalue weighted by Crippen LogP contribution is 2.19. The van der Waals surface area contributed by atoms with E-state index >= 15 is 0 Å². The zero-order chi connectivity index (χ0) is 20.8. The smallest absolute Gasteiger partial charge is 0.252 e. The zero-order valence-corrected chi connectivity index (χ0v) is 16.6. The number of aliphatic hydroxyl groups excluding tert-OH is 2. The zero-order valence-electron chi connectivity index (χ0n) is 16.6. The van der Waals surface area contributed by atoms with Crippen molar-refractivity contribution in [3.05, 3.63) is 12.2 Å². The van der Waals surface area contributed by atoms with Crippen molar-refractivity contribution < 1.29 is 19.7 Å². The van der Waals surface area contributed by atoms with Crippen molar-refractivity contribution in [2.45, 2.75) is 51.7 Å². The van der Waals surface area contributed by atoms with E-state index in [1.165, 1.54) is 12.7 Å². The molecule has 1 saturated heterocycles. The number of imidazole rings is 1. The number of amides is 1. The molecule has 0 spiro atoms. The SMILES string of the molecule is CCNC(=O)[C@@H](OCn1cnc2c(N)nc(CN3CCCCC3)nc21)C(O)CO. The number of hydrogen-bond donors (Lipinski definition) is 4. The maximum Gasteiger partial charge on any atom is 0.252 e. The summed E-state index contributed by atoms with van der Waals surface area (Å²) in [5.41, 5.74) is 7.02. The molecule has 1 unspecified atom stereocenters. The van der Waals surface area contributed by atoms with Crippen LogP contribution in [0.4, 0.5) is 5.82 Å². The van der Waals surface area contributed by atoms with Crippen molar-refractivity contribution in [2.75, 3.05) is 32.0 Å². The van der Waals surface area contributed by atoms with Crippen molar-refractivity contribution in [3.8, 4) is 0 Å². The number of nitrogen functional groups attached to an aromatic ring is 1. The number of ether oxygens (including phenoxy) is 1. The van der Waals surface area contributed by atoms with E-state index in [4.69, 9.17) is 10.5 Å². The van der Waals surface area contributed by atoms with Crippen LogP contribution in [0.1, 0.15) is 32.0 Å². The Morgan fingerprint density at radius 1 is 1.34 bits per heavy atom. The van der Waals surface area contributed by atoms with Crippen LogP contribution >= 0.6 is 0 Å². The van der Waals surface area contributed by atoms with Gasteiger partial charge in [0.1, 0.15) is 24.2 Å². The molecule has 1 aliphatic heterocycles. The fourth-order valence-corrected chi connectivity index (χ4v) is 3.39. The molecule has 0 aromatic carbocycles. The van der Waals surface area contributed by atoms with Crippen LogP contribution < -0.4 is 11.1 Å². The number of carbonyl (C=O) groups is 1. The van der Waals surface area contributed by atoms with E-state index in [2.05, 4.69) is 25.2 Å². The first-order chi connectivity index (χ1) is 14.0. The van der Waals surface area contributed by atoms with Gasteiger partial charge in [-0.3, -0.25) is 14.3 Å². The molecule has 160 valence electrons. The molecule has 0 aliphatic carbocycles. The number of nitrogens with one attached hydrogen (secondary N) is 1. The molecule has 5 N–H and O–H groups in total. The van der Waals surface area contributed by atoms with Crippen LogP contribution in [-0.4, -0.2) is 79.0 Å². The Balaban J connectivity index is 1.77. The lowest BCUT2D eigenvalue weighted by molar-refractivity contribution is -0.147. The highest BCUT2D eigenvalue weighted by Gasteiger charge is 2.27. The summed E-state index contributed by atoms with van der Waals surface area (Å²) in [4.78, 5) is 27.6. The van der Waals surface area contributed by atoms with E-state index in [0.717, 1.165) is 25.9 Å². The van der Waals surface area contributed by atoms with Crippen molar-refractivity contribution in [1.82, 2.24) is 29.7 Å². The highest BCUT2D eigenvalue weighted by molar-refractivity contribution is 5.82. The Hall–Kier alpha value is -2.34. The van der Waals surface area contributed by atoms with Gasteiger partial charge in [0.2, 0.25) is 0 Å².